The van der Waals surface area contributed by atoms with E-state index in [9.17, 15) is 13.9 Å². The lowest BCUT2D eigenvalue weighted by Gasteiger charge is -2.42. The van der Waals surface area contributed by atoms with Gasteiger partial charge in [-0.15, -0.1) is 15.9 Å². The van der Waals surface area contributed by atoms with Crippen LogP contribution in [0.1, 0.15) is 60.9 Å². The Hall–Kier alpha value is -3.44. The van der Waals surface area contributed by atoms with Crippen molar-refractivity contribution in [2.75, 3.05) is 13.7 Å². The number of nitrogens with zero attached hydrogens (tertiary/aromatic N) is 4. The molecule has 0 saturated heterocycles. The van der Waals surface area contributed by atoms with Crippen LogP contribution in [0.2, 0.25) is 0 Å². The Morgan fingerprint density at radius 3 is 2.62 bits per heavy atom. The Labute approximate surface area is 248 Å². The summed E-state index contributed by atoms with van der Waals surface area (Å²) in [6.07, 6.45) is 0.523. The van der Waals surface area contributed by atoms with Gasteiger partial charge in [0.1, 0.15) is 22.3 Å². The van der Waals surface area contributed by atoms with Crippen LogP contribution in [0.5, 0.6) is 5.75 Å². The number of aromatic nitrogens is 3. The third-order valence-electron chi connectivity index (χ3n) is 8.54. The van der Waals surface area contributed by atoms with E-state index < -0.39 is 16.2 Å². The van der Waals surface area contributed by atoms with Gasteiger partial charge >= 0.3 is 5.97 Å². The number of esters is 1. The number of methoxy groups -OCH3 is 1. The second-order valence-electron chi connectivity index (χ2n) is 11.6. The minimum atomic E-state index is -3.32. The van der Waals surface area contributed by atoms with Crippen molar-refractivity contribution in [3.05, 3.63) is 82.4 Å². The number of hydrogen-bond acceptors (Lipinski definition) is 8. The third kappa shape index (κ3) is 5.17. The van der Waals surface area contributed by atoms with Gasteiger partial charge in [0.15, 0.2) is 0 Å². The van der Waals surface area contributed by atoms with Gasteiger partial charge in [-0.05, 0) is 80.1 Å². The molecule has 224 valence electrons. The molecule has 0 fully saturated rings. The molecule has 2 atom stereocenters. The van der Waals surface area contributed by atoms with Crippen LogP contribution in [0, 0.1) is 19.3 Å². The average molecular weight is 593 g/mol. The van der Waals surface area contributed by atoms with Gasteiger partial charge in [-0.1, -0.05) is 48.5 Å². The van der Waals surface area contributed by atoms with Crippen molar-refractivity contribution in [2.45, 2.75) is 64.5 Å². The lowest BCUT2D eigenvalue weighted by molar-refractivity contribution is -0.151. The van der Waals surface area contributed by atoms with Crippen molar-refractivity contribution < 1.29 is 23.4 Å². The highest BCUT2D eigenvalue weighted by Crippen LogP contribution is 2.57. The quantitative estimate of drug-likeness (QED) is 0.231. The third-order valence-corrected chi connectivity index (χ3v) is 10.5. The number of carbonyl (C=O) groups excluding carboxylic acids is 1. The maximum absolute atomic E-state index is 13.2. The van der Waals surface area contributed by atoms with Gasteiger partial charge < -0.3 is 9.47 Å². The lowest BCUT2D eigenvalue weighted by atomic mass is 9.69. The molecule has 0 aliphatic carbocycles. The van der Waals surface area contributed by atoms with Gasteiger partial charge in [-0.25, -0.2) is 4.68 Å². The number of hydrogen-bond donors (Lipinski definition) is 2. The highest BCUT2D eigenvalue weighted by Gasteiger charge is 2.41. The molecule has 10 heteroatoms. The molecule has 4 aromatic rings. The first-order valence-electron chi connectivity index (χ1n) is 14.2. The molecular weight excluding hydrogens is 552 g/mol. The molecule has 3 aromatic carbocycles. The summed E-state index contributed by atoms with van der Waals surface area (Å²) in [5, 5.41) is 8.59. The number of para-hydroxylation sites is 1. The van der Waals surface area contributed by atoms with E-state index in [-0.39, 0.29) is 18.0 Å². The van der Waals surface area contributed by atoms with Gasteiger partial charge in [0.25, 0.3) is 0 Å². The predicted molar refractivity (Wildman–Crippen MR) is 165 cm³/mol. The van der Waals surface area contributed by atoms with Crippen LogP contribution >= 0.6 is 10.8 Å². The number of carbonyl (C=O) groups is 1. The highest BCUT2D eigenvalue weighted by atomic mass is 32.3. The summed E-state index contributed by atoms with van der Waals surface area (Å²) < 4.78 is 38.1. The number of rotatable bonds is 7. The summed E-state index contributed by atoms with van der Waals surface area (Å²) in [5.74, 6) is -0.186. The van der Waals surface area contributed by atoms with Crippen LogP contribution in [-0.2, 0) is 23.1 Å². The van der Waals surface area contributed by atoms with E-state index >= 15 is 0 Å². The molecule has 1 aromatic heterocycles. The van der Waals surface area contributed by atoms with Crippen molar-refractivity contribution in [1.82, 2.24) is 19.3 Å². The molecule has 0 spiro atoms. The standard InChI is InChI=1S/C32H40N4O5S/c1-8-24-19-36(42(38,39)28-12-10-9-11-27(28)41-24)18-23-17-22(14-13-20(23)2)29(32(4,5)31(37)40-7)25-15-16-26-30(21(25)3)33-34-35(26)6/h9-17,24,29,38-39H,8,18-19H2,1-7H3/t24-,29?/m1/s1. The molecule has 0 radical (unpaired) electrons. The second kappa shape index (κ2) is 11.3. The summed E-state index contributed by atoms with van der Waals surface area (Å²) in [7, 11) is -0.0515. The van der Waals surface area contributed by atoms with Crippen LogP contribution in [-0.4, -0.2) is 54.1 Å². The molecular formula is C32H40N4O5S. The Kier molecular flexibility index (Phi) is 8.10. The van der Waals surface area contributed by atoms with Crippen LogP contribution in [0.4, 0.5) is 0 Å². The van der Waals surface area contributed by atoms with Crippen molar-refractivity contribution >= 4 is 27.8 Å². The second-order valence-corrected chi connectivity index (χ2v) is 13.6. The first-order valence-corrected chi connectivity index (χ1v) is 15.7. The van der Waals surface area contributed by atoms with Crippen LogP contribution in [0.25, 0.3) is 11.0 Å². The first kappa shape index (κ1) is 30.0. The smallest absolute Gasteiger partial charge is 0.312 e. The summed E-state index contributed by atoms with van der Waals surface area (Å²) in [5.41, 5.74) is 5.56. The van der Waals surface area contributed by atoms with Crippen molar-refractivity contribution in [3.8, 4) is 5.75 Å². The van der Waals surface area contributed by atoms with Crippen molar-refractivity contribution in [3.63, 3.8) is 0 Å². The SMILES string of the molecule is CC[C@@H]1CN(Cc2cc(C(c3ccc4c(nnn4C)c3C)C(C)(C)C(=O)OC)ccc2C)S(O)(O)c2ccccc2O1. The molecule has 1 aliphatic heterocycles. The van der Waals surface area contributed by atoms with E-state index in [0.29, 0.717) is 23.7 Å². The number of fused-ring (bicyclic) bond motifs is 2. The summed E-state index contributed by atoms with van der Waals surface area (Å²) in [6, 6.07) is 17.3. The maximum Gasteiger partial charge on any atom is 0.312 e. The van der Waals surface area contributed by atoms with Gasteiger partial charge in [-0.2, -0.15) is 4.31 Å². The number of ether oxygens (including phenoxy) is 2. The molecule has 1 unspecified atom stereocenters. The zero-order chi connectivity index (χ0) is 30.4. The molecule has 2 N–H and O–H groups in total. The van der Waals surface area contributed by atoms with Gasteiger partial charge in [0.2, 0.25) is 0 Å². The molecule has 2 heterocycles. The Balaban J connectivity index is 1.62. The molecule has 42 heavy (non-hydrogen) atoms. The van der Waals surface area contributed by atoms with Gasteiger partial charge in [-0.3, -0.25) is 13.9 Å². The van der Waals surface area contributed by atoms with Crippen LogP contribution in [0.3, 0.4) is 0 Å². The topological polar surface area (TPSA) is 110 Å². The molecule has 0 amide bonds. The zero-order valence-corrected chi connectivity index (χ0v) is 26.1. The van der Waals surface area contributed by atoms with Gasteiger partial charge in [0, 0.05) is 19.5 Å². The highest BCUT2D eigenvalue weighted by molar-refractivity contribution is 8.22. The molecule has 9 nitrogen and oxygen atoms in total. The Bertz CT molecular complexity index is 1630. The predicted octanol–water partition coefficient (Wildman–Crippen LogP) is 6.61. The monoisotopic (exact) mass is 592 g/mol. The first-order chi connectivity index (χ1) is 19.9. The Morgan fingerprint density at radius 2 is 1.90 bits per heavy atom. The van der Waals surface area contributed by atoms with E-state index in [2.05, 4.69) is 16.4 Å². The molecule has 0 bridgehead atoms. The molecule has 5 rings (SSSR count). The van der Waals surface area contributed by atoms with E-state index in [1.54, 1.807) is 27.2 Å². The van der Waals surface area contributed by atoms with E-state index in [1.165, 1.54) is 7.11 Å². The fraction of sp³-hybridized carbons (Fsp3) is 0.406. The fourth-order valence-electron chi connectivity index (χ4n) is 5.99. The normalized spacial score (nSPS) is 18.5. The minimum absolute atomic E-state index is 0.198. The van der Waals surface area contributed by atoms with Gasteiger partial charge in [0.05, 0.1) is 24.6 Å². The van der Waals surface area contributed by atoms with E-state index in [4.69, 9.17) is 9.47 Å². The summed E-state index contributed by atoms with van der Waals surface area (Å²) >= 11 is 0. The maximum atomic E-state index is 13.2. The van der Waals surface area contributed by atoms with E-state index in [0.717, 1.165) is 45.3 Å². The van der Waals surface area contributed by atoms with Crippen molar-refractivity contribution in [1.29, 1.82) is 0 Å². The van der Waals surface area contributed by atoms with E-state index in [1.807, 2.05) is 72.0 Å². The van der Waals surface area contributed by atoms with Crippen LogP contribution in [0.15, 0.2) is 59.5 Å². The fourth-order valence-corrected chi connectivity index (χ4v) is 7.61. The largest absolute Gasteiger partial charge is 0.487 e. The number of aryl methyl sites for hydroxylation is 3. The number of benzene rings is 3. The van der Waals surface area contributed by atoms with Crippen LogP contribution < -0.4 is 4.74 Å². The molecule has 1 aliphatic rings. The average Bonchev–Trinajstić information content (AvgIpc) is 3.30. The Morgan fingerprint density at radius 1 is 1.17 bits per heavy atom. The minimum Gasteiger partial charge on any atom is -0.487 e. The summed E-state index contributed by atoms with van der Waals surface area (Å²) in [4.78, 5) is 13.6. The lowest BCUT2D eigenvalue weighted by Crippen LogP contribution is -2.35. The van der Waals surface area contributed by atoms with Crippen molar-refractivity contribution in [2.24, 2.45) is 12.5 Å². The zero-order valence-electron chi connectivity index (χ0n) is 25.3. The molecule has 0 saturated carbocycles. The summed E-state index contributed by atoms with van der Waals surface area (Å²) in [6.45, 7) is 10.5.